The zero-order chi connectivity index (χ0) is 13.8. The minimum Gasteiger partial charge on any atom is -0.392 e. The van der Waals surface area contributed by atoms with Crippen molar-refractivity contribution in [3.05, 3.63) is 0 Å². The zero-order valence-corrected chi connectivity index (χ0v) is 12.4. The van der Waals surface area contributed by atoms with Gasteiger partial charge in [-0.15, -0.1) is 0 Å². The van der Waals surface area contributed by atoms with Crippen molar-refractivity contribution in [3.63, 3.8) is 0 Å². The highest BCUT2D eigenvalue weighted by atomic mass is 32.1. The van der Waals surface area contributed by atoms with Gasteiger partial charge >= 0.3 is 0 Å². The average Bonchev–Trinajstić information content (AvgIpc) is 2.40. The van der Waals surface area contributed by atoms with Gasteiger partial charge in [-0.1, -0.05) is 33.0 Å². The Labute approximate surface area is 115 Å². The summed E-state index contributed by atoms with van der Waals surface area (Å²) in [6.45, 7) is 7.90. The van der Waals surface area contributed by atoms with Gasteiger partial charge in [0.1, 0.15) is 0 Å². The number of amides is 1. The maximum Gasteiger partial charge on any atom is 0.235 e. The number of morpholine rings is 1. The normalized spacial score (nSPS) is 20.8. The third kappa shape index (κ3) is 2.83. The lowest BCUT2D eigenvalue weighted by Gasteiger charge is -2.39. The number of nitrogens with two attached hydrogens (primary N) is 1. The van der Waals surface area contributed by atoms with E-state index in [9.17, 15) is 4.79 Å². The second-order valence-electron chi connectivity index (χ2n) is 4.81. The molecule has 0 bridgehead atoms. The Morgan fingerprint density at radius 3 is 2.50 bits per heavy atom. The summed E-state index contributed by atoms with van der Waals surface area (Å²) in [4.78, 5) is 14.9. The quantitative estimate of drug-likeness (QED) is 0.774. The van der Waals surface area contributed by atoms with Crippen LogP contribution in [0.2, 0.25) is 0 Å². The van der Waals surface area contributed by atoms with Gasteiger partial charge in [0.15, 0.2) is 0 Å². The van der Waals surface area contributed by atoms with E-state index in [1.807, 2.05) is 18.7 Å². The van der Waals surface area contributed by atoms with Gasteiger partial charge in [0.25, 0.3) is 0 Å². The fraction of sp³-hybridized carbons (Fsp3) is 0.846. The maximum absolute atomic E-state index is 12.7. The number of carbonyl (C=O) groups is 1. The lowest BCUT2D eigenvalue weighted by Crippen LogP contribution is -2.54. The molecule has 104 valence electrons. The molecule has 1 rings (SSSR count). The minimum atomic E-state index is -0.676. The molecule has 1 atom stereocenters. The highest BCUT2D eigenvalue weighted by Gasteiger charge is 2.42. The summed E-state index contributed by atoms with van der Waals surface area (Å²) in [5.74, 6) is 0.0711. The summed E-state index contributed by atoms with van der Waals surface area (Å²) < 4.78 is 5.59. The van der Waals surface area contributed by atoms with Crippen LogP contribution in [0.3, 0.4) is 0 Å². The van der Waals surface area contributed by atoms with E-state index in [-0.39, 0.29) is 12.0 Å². The first kappa shape index (κ1) is 15.4. The molecule has 1 aliphatic heterocycles. The third-order valence-electron chi connectivity index (χ3n) is 3.97. The Balaban J connectivity index is 2.86. The molecule has 1 amide bonds. The molecule has 4 nitrogen and oxygen atoms in total. The lowest BCUT2D eigenvalue weighted by molar-refractivity contribution is -0.146. The van der Waals surface area contributed by atoms with Crippen LogP contribution < -0.4 is 5.73 Å². The Morgan fingerprint density at radius 1 is 1.44 bits per heavy atom. The van der Waals surface area contributed by atoms with Crippen LogP contribution in [0.25, 0.3) is 0 Å². The van der Waals surface area contributed by atoms with E-state index in [0.29, 0.717) is 37.5 Å². The molecule has 18 heavy (non-hydrogen) atoms. The third-order valence-corrected chi connectivity index (χ3v) is 4.36. The van der Waals surface area contributed by atoms with Crippen LogP contribution in [0.4, 0.5) is 0 Å². The van der Waals surface area contributed by atoms with E-state index in [1.165, 1.54) is 0 Å². The topological polar surface area (TPSA) is 55.6 Å². The molecule has 0 aromatic rings. The first-order chi connectivity index (χ1) is 8.51. The molecular weight excluding hydrogens is 248 g/mol. The first-order valence-electron chi connectivity index (χ1n) is 6.72. The van der Waals surface area contributed by atoms with Gasteiger partial charge < -0.3 is 15.4 Å². The number of nitrogens with zero attached hydrogens (tertiary/aromatic N) is 1. The summed E-state index contributed by atoms with van der Waals surface area (Å²) in [5, 5.41) is 0. The number of hydrogen-bond donors (Lipinski definition) is 1. The van der Waals surface area contributed by atoms with Crippen molar-refractivity contribution in [1.29, 1.82) is 0 Å². The maximum atomic E-state index is 12.7. The van der Waals surface area contributed by atoms with Crippen molar-refractivity contribution in [2.24, 2.45) is 11.1 Å². The van der Waals surface area contributed by atoms with Crippen LogP contribution in [0.1, 0.15) is 40.0 Å². The Morgan fingerprint density at radius 2 is 2.06 bits per heavy atom. The molecule has 1 unspecified atom stereocenters. The Kier molecular flexibility index (Phi) is 5.53. The molecule has 1 heterocycles. The van der Waals surface area contributed by atoms with E-state index in [4.69, 9.17) is 22.7 Å². The SMILES string of the molecule is CCC1CN(C(=O)C(CC)(CC)C(N)=S)CCO1. The molecule has 1 saturated heterocycles. The van der Waals surface area contributed by atoms with Gasteiger partial charge in [0.2, 0.25) is 5.91 Å². The molecular formula is C13H24N2O2S. The van der Waals surface area contributed by atoms with E-state index < -0.39 is 5.41 Å². The van der Waals surface area contributed by atoms with E-state index >= 15 is 0 Å². The van der Waals surface area contributed by atoms with Crippen molar-refractivity contribution >= 4 is 23.1 Å². The predicted octanol–water partition coefficient (Wildman–Crippen LogP) is 1.72. The molecule has 5 heteroatoms. The second-order valence-corrected chi connectivity index (χ2v) is 5.25. The van der Waals surface area contributed by atoms with Crippen LogP contribution in [-0.4, -0.2) is 41.6 Å². The summed E-state index contributed by atoms with van der Waals surface area (Å²) in [7, 11) is 0. The first-order valence-corrected chi connectivity index (χ1v) is 7.13. The molecule has 0 saturated carbocycles. The Bertz CT molecular complexity index is 316. The van der Waals surface area contributed by atoms with Crippen molar-refractivity contribution in [2.45, 2.75) is 46.1 Å². The number of ether oxygens (including phenoxy) is 1. The average molecular weight is 272 g/mol. The van der Waals surface area contributed by atoms with Crippen LogP contribution in [-0.2, 0) is 9.53 Å². The van der Waals surface area contributed by atoms with Crippen LogP contribution in [0.5, 0.6) is 0 Å². The molecule has 0 aliphatic carbocycles. The monoisotopic (exact) mass is 272 g/mol. The van der Waals surface area contributed by atoms with Crippen LogP contribution in [0.15, 0.2) is 0 Å². The predicted molar refractivity (Wildman–Crippen MR) is 76.4 cm³/mol. The smallest absolute Gasteiger partial charge is 0.235 e. The highest BCUT2D eigenvalue weighted by molar-refractivity contribution is 7.80. The van der Waals surface area contributed by atoms with Gasteiger partial charge in [-0.05, 0) is 19.3 Å². The summed E-state index contributed by atoms with van der Waals surface area (Å²) in [6.07, 6.45) is 2.38. The van der Waals surface area contributed by atoms with Crippen LogP contribution in [0, 0.1) is 5.41 Å². The van der Waals surface area contributed by atoms with Gasteiger partial charge in [-0.2, -0.15) is 0 Å². The molecule has 2 N–H and O–H groups in total. The molecule has 1 aliphatic rings. The molecule has 0 aromatic carbocycles. The summed E-state index contributed by atoms with van der Waals surface area (Å²) in [6, 6.07) is 0. The highest BCUT2D eigenvalue weighted by Crippen LogP contribution is 2.30. The second kappa shape index (κ2) is 6.48. The van der Waals surface area contributed by atoms with Crippen molar-refractivity contribution in [3.8, 4) is 0 Å². The van der Waals surface area contributed by atoms with Gasteiger partial charge in [0.05, 0.1) is 23.1 Å². The minimum absolute atomic E-state index is 0.0711. The van der Waals surface area contributed by atoms with Gasteiger partial charge in [0, 0.05) is 13.1 Å². The molecule has 0 aromatic heterocycles. The van der Waals surface area contributed by atoms with Crippen molar-refractivity contribution in [1.82, 2.24) is 4.90 Å². The fourth-order valence-corrected chi connectivity index (χ4v) is 2.84. The number of carbonyl (C=O) groups excluding carboxylic acids is 1. The number of hydrogen-bond acceptors (Lipinski definition) is 3. The zero-order valence-electron chi connectivity index (χ0n) is 11.6. The summed E-state index contributed by atoms with van der Waals surface area (Å²) >= 11 is 5.13. The largest absolute Gasteiger partial charge is 0.392 e. The summed E-state index contributed by atoms with van der Waals surface area (Å²) in [5.41, 5.74) is 5.14. The van der Waals surface area contributed by atoms with E-state index in [1.54, 1.807) is 0 Å². The van der Waals surface area contributed by atoms with Crippen LogP contribution >= 0.6 is 12.2 Å². The molecule has 1 fully saturated rings. The van der Waals surface area contributed by atoms with Gasteiger partial charge in [-0.25, -0.2) is 0 Å². The van der Waals surface area contributed by atoms with E-state index in [0.717, 1.165) is 6.42 Å². The van der Waals surface area contributed by atoms with Crippen molar-refractivity contribution in [2.75, 3.05) is 19.7 Å². The molecule has 0 spiro atoms. The van der Waals surface area contributed by atoms with Crippen molar-refractivity contribution < 1.29 is 9.53 Å². The fourth-order valence-electron chi connectivity index (χ4n) is 2.46. The van der Waals surface area contributed by atoms with Gasteiger partial charge in [-0.3, -0.25) is 4.79 Å². The standard InChI is InChI=1S/C13H24N2O2S/c1-4-10-9-15(7-8-17-10)12(16)13(5-2,6-3)11(14)18/h10H,4-9H2,1-3H3,(H2,14,18). The molecule has 0 radical (unpaired) electrons. The van der Waals surface area contributed by atoms with E-state index in [2.05, 4.69) is 6.92 Å². The lowest BCUT2D eigenvalue weighted by atomic mass is 9.80. The number of thiocarbonyl (C=S) groups is 1. The Hall–Kier alpha value is -0.680. The number of rotatable bonds is 5.